The molecule has 1 aromatic carbocycles. The van der Waals surface area contributed by atoms with Crippen LogP contribution >= 0.6 is 11.6 Å². The molecule has 0 bridgehead atoms. The Morgan fingerprint density at radius 3 is 2.39 bits per heavy atom. The highest BCUT2D eigenvalue weighted by molar-refractivity contribution is 7.90. The van der Waals surface area contributed by atoms with Crippen molar-refractivity contribution in [3.05, 3.63) is 28.8 Å². The Morgan fingerprint density at radius 2 is 1.87 bits per heavy atom. The van der Waals surface area contributed by atoms with Gasteiger partial charge >= 0.3 is 5.97 Å². The van der Waals surface area contributed by atoms with E-state index in [-0.39, 0.29) is 21.5 Å². The van der Waals surface area contributed by atoms with E-state index in [1.54, 1.807) is 0 Å². The van der Waals surface area contributed by atoms with Gasteiger partial charge in [-0.1, -0.05) is 25.4 Å². The van der Waals surface area contributed by atoms with Gasteiger partial charge in [0.05, 0.1) is 15.5 Å². The first-order chi connectivity index (χ1) is 10.7. The number of carbonyl (C=O) groups excluding carboxylic acids is 2. The number of hydrogen-bond donors (Lipinski definition) is 1. The van der Waals surface area contributed by atoms with Gasteiger partial charge in [0.2, 0.25) is 0 Å². The van der Waals surface area contributed by atoms with Gasteiger partial charge in [-0.3, -0.25) is 4.79 Å². The van der Waals surface area contributed by atoms with Crippen LogP contribution in [0.25, 0.3) is 0 Å². The van der Waals surface area contributed by atoms with Crippen LogP contribution in [0.2, 0.25) is 5.02 Å². The Morgan fingerprint density at radius 1 is 1.26 bits per heavy atom. The Bertz CT molecular complexity index is 683. The molecular weight excluding hydrogens is 342 g/mol. The summed E-state index contributed by atoms with van der Waals surface area (Å²) in [6.07, 6.45) is 2.57. The van der Waals surface area contributed by atoms with Gasteiger partial charge in [0.1, 0.15) is 0 Å². The average Bonchev–Trinajstić information content (AvgIpc) is 2.49. The lowest BCUT2D eigenvalue weighted by molar-refractivity contribution is -0.125. The molecule has 0 saturated carbocycles. The molecule has 0 fully saturated rings. The molecule has 1 amide bonds. The summed E-state index contributed by atoms with van der Waals surface area (Å²) in [5, 5.41) is 2.79. The van der Waals surface area contributed by atoms with Crippen molar-refractivity contribution in [1.82, 2.24) is 5.32 Å². The molecule has 23 heavy (non-hydrogen) atoms. The molecule has 0 unspecified atom stereocenters. The zero-order valence-corrected chi connectivity index (χ0v) is 14.8. The van der Waals surface area contributed by atoms with E-state index in [4.69, 9.17) is 16.3 Å². The van der Waals surface area contributed by atoms with Crippen molar-refractivity contribution in [3.63, 3.8) is 0 Å². The van der Waals surface area contributed by atoms with Gasteiger partial charge < -0.3 is 10.1 Å². The summed E-state index contributed by atoms with van der Waals surface area (Å²) in [6.45, 7) is 3.43. The van der Waals surface area contributed by atoms with Crippen LogP contribution in [-0.2, 0) is 19.4 Å². The lowest BCUT2D eigenvalue weighted by atomic mass is 10.2. The van der Waals surface area contributed by atoms with Crippen molar-refractivity contribution in [2.45, 2.75) is 37.6 Å². The maximum absolute atomic E-state index is 12.0. The van der Waals surface area contributed by atoms with Crippen LogP contribution in [0.3, 0.4) is 0 Å². The zero-order valence-electron chi connectivity index (χ0n) is 13.3. The molecule has 0 aliphatic rings. The standard InChI is InChI=1S/C15H20ClNO5S/c1-4-10(5-2)17-14(18)9-22-15(19)12-8-11(23(3,20)21)6-7-13(12)16/h6-8,10H,4-5,9H2,1-3H3,(H,17,18). The van der Waals surface area contributed by atoms with Crippen molar-refractivity contribution in [2.75, 3.05) is 12.9 Å². The SMILES string of the molecule is CCC(CC)NC(=O)COC(=O)c1cc(S(C)(=O)=O)ccc1Cl. The number of sulfone groups is 1. The largest absolute Gasteiger partial charge is 0.452 e. The van der Waals surface area contributed by atoms with Gasteiger partial charge in [-0.15, -0.1) is 0 Å². The van der Waals surface area contributed by atoms with Crippen LogP contribution in [0.15, 0.2) is 23.1 Å². The maximum atomic E-state index is 12.0. The second-order valence-electron chi connectivity index (χ2n) is 5.07. The first-order valence-electron chi connectivity index (χ1n) is 7.15. The van der Waals surface area contributed by atoms with E-state index >= 15 is 0 Å². The van der Waals surface area contributed by atoms with E-state index in [2.05, 4.69) is 5.32 Å². The normalized spacial score (nSPS) is 11.3. The number of hydrogen-bond acceptors (Lipinski definition) is 5. The monoisotopic (exact) mass is 361 g/mol. The Hall–Kier alpha value is -1.60. The van der Waals surface area contributed by atoms with Gasteiger partial charge in [-0.2, -0.15) is 0 Å². The molecule has 0 aliphatic carbocycles. The summed E-state index contributed by atoms with van der Waals surface area (Å²) in [7, 11) is -3.48. The molecule has 1 aromatic rings. The fraction of sp³-hybridized carbons (Fsp3) is 0.467. The lowest BCUT2D eigenvalue weighted by Crippen LogP contribution is -2.36. The Kier molecular flexibility index (Phi) is 7.02. The summed E-state index contributed by atoms with van der Waals surface area (Å²) in [4.78, 5) is 23.6. The first kappa shape index (κ1) is 19.4. The van der Waals surface area contributed by atoms with Gasteiger partial charge in [0.25, 0.3) is 5.91 Å². The van der Waals surface area contributed by atoms with Crippen molar-refractivity contribution < 1.29 is 22.7 Å². The summed E-state index contributed by atoms with van der Waals surface area (Å²) in [6, 6.07) is 3.77. The Labute approximate surface area is 141 Å². The third-order valence-electron chi connectivity index (χ3n) is 3.27. The zero-order chi connectivity index (χ0) is 17.6. The molecule has 128 valence electrons. The second-order valence-corrected chi connectivity index (χ2v) is 7.49. The van der Waals surface area contributed by atoms with E-state index < -0.39 is 28.3 Å². The predicted molar refractivity (Wildman–Crippen MR) is 87.4 cm³/mol. The summed E-state index contributed by atoms with van der Waals surface area (Å²) < 4.78 is 27.9. The number of ether oxygens (including phenoxy) is 1. The number of benzene rings is 1. The highest BCUT2D eigenvalue weighted by Gasteiger charge is 2.18. The van der Waals surface area contributed by atoms with Crippen LogP contribution in [0.5, 0.6) is 0 Å². The average molecular weight is 362 g/mol. The van der Waals surface area contributed by atoms with Crippen molar-refractivity contribution in [3.8, 4) is 0 Å². The quantitative estimate of drug-likeness (QED) is 0.752. The highest BCUT2D eigenvalue weighted by atomic mass is 35.5. The van der Waals surface area contributed by atoms with E-state index in [1.807, 2.05) is 13.8 Å². The molecule has 0 atom stereocenters. The van der Waals surface area contributed by atoms with Crippen LogP contribution in [-0.4, -0.2) is 39.2 Å². The molecular formula is C15H20ClNO5S. The molecule has 0 aliphatic heterocycles. The minimum Gasteiger partial charge on any atom is -0.452 e. The predicted octanol–water partition coefficient (Wildman–Crippen LogP) is 2.21. The molecule has 0 saturated heterocycles. The number of rotatable bonds is 7. The van der Waals surface area contributed by atoms with Gasteiger partial charge in [-0.25, -0.2) is 13.2 Å². The molecule has 0 aromatic heterocycles. The minimum atomic E-state index is -3.48. The number of amides is 1. The molecule has 1 N–H and O–H groups in total. The Balaban J connectivity index is 2.77. The third-order valence-corrected chi connectivity index (χ3v) is 4.71. The number of nitrogens with one attached hydrogen (secondary N) is 1. The van der Waals surface area contributed by atoms with E-state index in [9.17, 15) is 18.0 Å². The van der Waals surface area contributed by atoms with E-state index in [0.717, 1.165) is 25.2 Å². The molecule has 0 radical (unpaired) electrons. The first-order valence-corrected chi connectivity index (χ1v) is 9.42. The summed E-state index contributed by atoms with van der Waals surface area (Å²) >= 11 is 5.89. The fourth-order valence-corrected chi connectivity index (χ4v) is 2.70. The number of esters is 1. The smallest absolute Gasteiger partial charge is 0.340 e. The summed E-state index contributed by atoms with van der Waals surface area (Å²) in [5.41, 5.74) is -0.0927. The minimum absolute atomic E-state index is 0.0263. The topological polar surface area (TPSA) is 89.5 Å². The second kappa shape index (κ2) is 8.31. The van der Waals surface area contributed by atoms with Crippen LogP contribution < -0.4 is 5.32 Å². The maximum Gasteiger partial charge on any atom is 0.340 e. The van der Waals surface area contributed by atoms with Crippen LogP contribution in [0.1, 0.15) is 37.0 Å². The van der Waals surface area contributed by atoms with Crippen molar-refractivity contribution in [2.24, 2.45) is 0 Å². The molecule has 1 rings (SSSR count). The van der Waals surface area contributed by atoms with Crippen molar-refractivity contribution >= 4 is 33.3 Å². The van der Waals surface area contributed by atoms with E-state index in [0.29, 0.717) is 0 Å². The number of halogens is 1. The fourth-order valence-electron chi connectivity index (χ4n) is 1.86. The van der Waals surface area contributed by atoms with Crippen molar-refractivity contribution in [1.29, 1.82) is 0 Å². The number of carbonyl (C=O) groups is 2. The molecule has 6 nitrogen and oxygen atoms in total. The van der Waals surface area contributed by atoms with Gasteiger partial charge in [-0.05, 0) is 31.0 Å². The third kappa shape index (κ3) is 5.84. The lowest BCUT2D eigenvalue weighted by Gasteiger charge is -2.14. The van der Waals surface area contributed by atoms with Gasteiger partial charge in [0.15, 0.2) is 16.4 Å². The summed E-state index contributed by atoms with van der Waals surface area (Å²) in [5.74, 6) is -1.26. The molecule has 0 spiro atoms. The molecule has 0 heterocycles. The van der Waals surface area contributed by atoms with Crippen LogP contribution in [0.4, 0.5) is 0 Å². The van der Waals surface area contributed by atoms with Crippen LogP contribution in [0, 0.1) is 0 Å². The van der Waals surface area contributed by atoms with E-state index in [1.165, 1.54) is 12.1 Å². The molecule has 8 heteroatoms. The highest BCUT2D eigenvalue weighted by Crippen LogP contribution is 2.21. The van der Waals surface area contributed by atoms with Gasteiger partial charge in [0, 0.05) is 12.3 Å².